The number of anilines is 1. The van der Waals surface area contributed by atoms with Crippen LogP contribution < -0.4 is 10.5 Å². The first kappa shape index (κ1) is 13.7. The topological polar surface area (TPSA) is 73.9 Å². The number of rotatable bonds is 5. The zero-order valence-corrected chi connectivity index (χ0v) is 12.3. The van der Waals surface area contributed by atoms with Crippen LogP contribution in [0.2, 0.25) is 0 Å². The Morgan fingerprint density at radius 3 is 2.74 bits per heavy atom. The Labute approximate surface area is 116 Å². The zero-order valence-electron chi connectivity index (χ0n) is 11.4. The van der Waals surface area contributed by atoms with Crippen molar-refractivity contribution in [3.63, 3.8) is 0 Å². The van der Waals surface area contributed by atoms with Crippen LogP contribution in [0.1, 0.15) is 28.9 Å². The third-order valence-electron chi connectivity index (χ3n) is 2.91. The van der Waals surface area contributed by atoms with Gasteiger partial charge in [-0.3, -0.25) is 0 Å². The molecule has 0 atom stereocenters. The van der Waals surface area contributed by atoms with Gasteiger partial charge >= 0.3 is 0 Å². The van der Waals surface area contributed by atoms with E-state index >= 15 is 0 Å². The summed E-state index contributed by atoms with van der Waals surface area (Å²) in [7, 11) is 0. The molecule has 0 radical (unpaired) electrons. The summed E-state index contributed by atoms with van der Waals surface area (Å²) in [5.41, 5.74) is 9.58. The van der Waals surface area contributed by atoms with Crippen molar-refractivity contribution in [2.24, 2.45) is 0 Å². The minimum atomic E-state index is 0.496. The molecule has 2 heterocycles. The van der Waals surface area contributed by atoms with E-state index in [0.29, 0.717) is 24.1 Å². The van der Waals surface area contributed by atoms with Gasteiger partial charge in [-0.1, -0.05) is 6.92 Å². The van der Waals surface area contributed by atoms with Crippen LogP contribution in [0.5, 0.6) is 5.88 Å². The maximum absolute atomic E-state index is 5.85. The molecule has 0 aliphatic carbocycles. The first-order valence-electron chi connectivity index (χ1n) is 6.26. The van der Waals surface area contributed by atoms with Gasteiger partial charge in [0.15, 0.2) is 0 Å². The van der Waals surface area contributed by atoms with Crippen molar-refractivity contribution in [2.45, 2.75) is 33.6 Å². The minimum Gasteiger partial charge on any atom is -0.477 e. The lowest BCUT2D eigenvalue weighted by atomic mass is 10.3. The smallest absolute Gasteiger partial charge is 0.221 e. The van der Waals surface area contributed by atoms with Gasteiger partial charge in [0.05, 0.1) is 23.4 Å². The van der Waals surface area contributed by atoms with Gasteiger partial charge in [0.2, 0.25) is 5.88 Å². The normalized spacial score (nSPS) is 10.7. The van der Waals surface area contributed by atoms with E-state index in [1.807, 2.05) is 26.3 Å². The summed E-state index contributed by atoms with van der Waals surface area (Å²) in [6.45, 7) is 6.45. The number of thiazole rings is 1. The van der Waals surface area contributed by atoms with Crippen LogP contribution in [0.3, 0.4) is 0 Å². The minimum absolute atomic E-state index is 0.496. The number of aromatic nitrogens is 3. The molecule has 0 aliphatic heterocycles. The predicted molar refractivity (Wildman–Crippen MR) is 76.6 cm³/mol. The average Bonchev–Trinajstić information content (AvgIpc) is 2.80. The van der Waals surface area contributed by atoms with Gasteiger partial charge in [0, 0.05) is 17.7 Å². The van der Waals surface area contributed by atoms with E-state index in [9.17, 15) is 0 Å². The van der Waals surface area contributed by atoms with Gasteiger partial charge in [-0.2, -0.15) is 4.98 Å². The summed E-state index contributed by atoms with van der Waals surface area (Å²) in [6.07, 6.45) is 1.58. The third kappa shape index (κ3) is 3.20. The van der Waals surface area contributed by atoms with E-state index in [0.717, 1.165) is 24.1 Å². The summed E-state index contributed by atoms with van der Waals surface area (Å²) in [5.74, 6) is 1.80. The Morgan fingerprint density at radius 1 is 1.32 bits per heavy atom. The van der Waals surface area contributed by atoms with Crippen LogP contribution in [0.25, 0.3) is 0 Å². The molecule has 0 amide bonds. The molecule has 0 saturated carbocycles. The van der Waals surface area contributed by atoms with Crippen LogP contribution in [0, 0.1) is 13.8 Å². The lowest BCUT2D eigenvalue weighted by Crippen LogP contribution is -2.08. The van der Waals surface area contributed by atoms with Crippen molar-refractivity contribution in [3.8, 4) is 5.88 Å². The molecule has 0 fully saturated rings. The Kier molecular flexibility index (Phi) is 4.31. The van der Waals surface area contributed by atoms with E-state index in [4.69, 9.17) is 10.5 Å². The second-order valence-corrected chi connectivity index (χ2v) is 5.21. The Hall–Kier alpha value is -1.69. The molecular weight excluding hydrogens is 260 g/mol. The highest BCUT2D eigenvalue weighted by molar-refractivity contribution is 7.09. The van der Waals surface area contributed by atoms with Crippen molar-refractivity contribution in [1.82, 2.24) is 15.0 Å². The average molecular weight is 278 g/mol. The first-order valence-corrected chi connectivity index (χ1v) is 7.14. The molecule has 2 rings (SSSR count). The van der Waals surface area contributed by atoms with Gasteiger partial charge in [0.25, 0.3) is 0 Å². The van der Waals surface area contributed by atoms with Crippen LogP contribution >= 0.6 is 11.3 Å². The highest BCUT2D eigenvalue weighted by Gasteiger charge is 2.09. The van der Waals surface area contributed by atoms with Crippen molar-refractivity contribution >= 4 is 17.2 Å². The van der Waals surface area contributed by atoms with E-state index in [-0.39, 0.29) is 0 Å². The summed E-state index contributed by atoms with van der Waals surface area (Å²) >= 11 is 1.65. The number of nitrogen functional groups attached to an aromatic ring is 1. The number of nitrogens with zero attached hydrogens (tertiary/aromatic N) is 3. The Balaban J connectivity index is 2.03. The Bertz CT molecular complexity index is 568. The van der Waals surface area contributed by atoms with Crippen molar-refractivity contribution in [1.29, 1.82) is 0 Å². The molecule has 102 valence electrons. The highest BCUT2D eigenvalue weighted by Crippen LogP contribution is 2.20. The van der Waals surface area contributed by atoms with Crippen LogP contribution in [-0.2, 0) is 12.8 Å². The molecule has 0 unspecified atom stereocenters. The van der Waals surface area contributed by atoms with Crippen LogP contribution in [0.4, 0.5) is 5.82 Å². The number of aryl methyl sites for hydroxylation is 2. The standard InChI is InChI=1S/C13H18N4OS/c1-4-11-16-12(14)8(2)13(17-11)18-6-5-10-9(3)15-7-19-10/h7H,4-6H2,1-3H3,(H2,14,16,17). The Morgan fingerprint density at radius 2 is 2.11 bits per heavy atom. The maximum atomic E-state index is 5.85. The predicted octanol–water partition coefficient (Wildman–Crippen LogP) is 2.32. The highest BCUT2D eigenvalue weighted by atomic mass is 32.1. The molecule has 0 aromatic carbocycles. The largest absolute Gasteiger partial charge is 0.477 e. The summed E-state index contributed by atoms with van der Waals surface area (Å²) < 4.78 is 5.74. The maximum Gasteiger partial charge on any atom is 0.221 e. The fourth-order valence-corrected chi connectivity index (χ4v) is 2.43. The number of hydrogen-bond donors (Lipinski definition) is 1. The molecule has 19 heavy (non-hydrogen) atoms. The van der Waals surface area contributed by atoms with Gasteiger partial charge in [-0.05, 0) is 13.8 Å². The van der Waals surface area contributed by atoms with Crippen molar-refractivity contribution in [3.05, 3.63) is 27.5 Å². The van der Waals surface area contributed by atoms with Crippen molar-refractivity contribution < 1.29 is 4.74 Å². The van der Waals surface area contributed by atoms with Gasteiger partial charge in [-0.15, -0.1) is 11.3 Å². The van der Waals surface area contributed by atoms with Crippen LogP contribution in [0.15, 0.2) is 5.51 Å². The second kappa shape index (κ2) is 5.97. The van der Waals surface area contributed by atoms with Crippen LogP contribution in [-0.4, -0.2) is 21.6 Å². The number of ether oxygens (including phenoxy) is 1. The van der Waals surface area contributed by atoms with Gasteiger partial charge in [-0.25, -0.2) is 9.97 Å². The molecular formula is C13H18N4OS. The SMILES string of the molecule is CCc1nc(N)c(C)c(OCCc2scnc2C)n1. The molecule has 2 aromatic rings. The molecule has 5 nitrogen and oxygen atoms in total. The lowest BCUT2D eigenvalue weighted by Gasteiger charge is -2.10. The molecule has 2 N–H and O–H groups in total. The molecule has 0 bridgehead atoms. The van der Waals surface area contributed by atoms with Gasteiger partial charge in [0.1, 0.15) is 11.6 Å². The monoisotopic (exact) mass is 278 g/mol. The van der Waals surface area contributed by atoms with E-state index in [1.165, 1.54) is 4.88 Å². The summed E-state index contributed by atoms with van der Waals surface area (Å²) in [5, 5.41) is 0. The summed E-state index contributed by atoms with van der Waals surface area (Å²) in [4.78, 5) is 14.0. The quantitative estimate of drug-likeness (QED) is 0.908. The zero-order chi connectivity index (χ0) is 13.8. The molecule has 0 aliphatic rings. The summed E-state index contributed by atoms with van der Waals surface area (Å²) in [6, 6.07) is 0. The van der Waals surface area contributed by atoms with Gasteiger partial charge < -0.3 is 10.5 Å². The van der Waals surface area contributed by atoms with E-state index in [2.05, 4.69) is 15.0 Å². The lowest BCUT2D eigenvalue weighted by molar-refractivity contribution is 0.306. The van der Waals surface area contributed by atoms with Crippen molar-refractivity contribution in [2.75, 3.05) is 12.3 Å². The number of nitrogens with two attached hydrogens (primary N) is 1. The third-order valence-corrected chi connectivity index (χ3v) is 3.91. The number of hydrogen-bond acceptors (Lipinski definition) is 6. The fraction of sp³-hybridized carbons (Fsp3) is 0.462. The second-order valence-electron chi connectivity index (χ2n) is 4.27. The molecule has 0 saturated heterocycles. The van der Waals surface area contributed by atoms with E-state index < -0.39 is 0 Å². The molecule has 2 aromatic heterocycles. The molecule has 0 spiro atoms. The first-order chi connectivity index (χ1) is 9.11. The fourth-order valence-electron chi connectivity index (χ4n) is 1.66. The van der Waals surface area contributed by atoms with E-state index in [1.54, 1.807) is 11.3 Å². The molecule has 6 heteroatoms.